The number of rotatable bonds is 2. The highest BCUT2D eigenvalue weighted by Gasteiger charge is 2.33. The molecule has 0 aliphatic carbocycles. The van der Waals surface area contributed by atoms with Gasteiger partial charge in [0.2, 0.25) is 0 Å². The molecule has 1 heterocycles. The van der Waals surface area contributed by atoms with Crippen molar-refractivity contribution < 1.29 is 14.3 Å². The summed E-state index contributed by atoms with van der Waals surface area (Å²) in [6, 6.07) is 7.95. The van der Waals surface area contributed by atoms with Gasteiger partial charge in [0.05, 0.1) is 12.3 Å². The van der Waals surface area contributed by atoms with E-state index in [-0.39, 0.29) is 18.3 Å². The SMILES string of the molecule is Cc1ccc(C[C@@H]2CC(=O)OC2=O)cc1. The Bertz CT molecular complexity index is 392. The zero-order valence-corrected chi connectivity index (χ0v) is 8.53. The van der Waals surface area contributed by atoms with Crippen LogP contribution in [0.1, 0.15) is 17.5 Å². The zero-order chi connectivity index (χ0) is 10.8. The summed E-state index contributed by atoms with van der Waals surface area (Å²) in [7, 11) is 0. The predicted octanol–water partition coefficient (Wildman–Crippen LogP) is 1.63. The molecule has 3 heteroatoms. The van der Waals surface area contributed by atoms with Gasteiger partial charge in [-0.1, -0.05) is 29.8 Å². The highest BCUT2D eigenvalue weighted by atomic mass is 16.6. The van der Waals surface area contributed by atoms with Gasteiger partial charge in [-0.3, -0.25) is 9.59 Å². The van der Waals surface area contributed by atoms with Crippen LogP contribution in [-0.2, 0) is 20.7 Å². The summed E-state index contributed by atoms with van der Waals surface area (Å²) in [4.78, 5) is 22.1. The van der Waals surface area contributed by atoms with Gasteiger partial charge in [0.1, 0.15) is 0 Å². The summed E-state index contributed by atoms with van der Waals surface area (Å²) in [5, 5.41) is 0. The minimum Gasteiger partial charge on any atom is -0.393 e. The van der Waals surface area contributed by atoms with E-state index in [4.69, 9.17) is 0 Å². The monoisotopic (exact) mass is 204 g/mol. The molecular weight excluding hydrogens is 192 g/mol. The Kier molecular flexibility index (Phi) is 2.54. The van der Waals surface area contributed by atoms with Gasteiger partial charge in [-0.05, 0) is 18.9 Å². The van der Waals surface area contributed by atoms with Gasteiger partial charge in [0.15, 0.2) is 0 Å². The molecule has 1 fully saturated rings. The number of benzene rings is 1. The highest BCUT2D eigenvalue weighted by Crippen LogP contribution is 2.20. The molecule has 1 aliphatic rings. The van der Waals surface area contributed by atoms with E-state index in [0.29, 0.717) is 6.42 Å². The Morgan fingerprint density at radius 3 is 2.47 bits per heavy atom. The van der Waals surface area contributed by atoms with Gasteiger partial charge < -0.3 is 4.74 Å². The molecule has 3 nitrogen and oxygen atoms in total. The van der Waals surface area contributed by atoms with Gasteiger partial charge in [-0.15, -0.1) is 0 Å². The molecule has 1 aromatic carbocycles. The van der Waals surface area contributed by atoms with Crippen LogP contribution in [-0.4, -0.2) is 11.9 Å². The van der Waals surface area contributed by atoms with Crippen LogP contribution in [0, 0.1) is 12.8 Å². The molecule has 0 bridgehead atoms. The third-order valence-corrected chi connectivity index (χ3v) is 2.56. The molecule has 1 aliphatic heterocycles. The Balaban J connectivity index is 2.06. The fourth-order valence-corrected chi connectivity index (χ4v) is 1.69. The number of carbonyl (C=O) groups is 2. The van der Waals surface area contributed by atoms with Crippen molar-refractivity contribution in [2.24, 2.45) is 5.92 Å². The molecule has 2 rings (SSSR count). The average Bonchev–Trinajstić information content (AvgIpc) is 2.49. The molecular formula is C12H12O3. The molecule has 78 valence electrons. The van der Waals surface area contributed by atoms with Crippen molar-refractivity contribution in [1.82, 2.24) is 0 Å². The molecule has 0 radical (unpaired) electrons. The lowest BCUT2D eigenvalue weighted by Crippen LogP contribution is -2.10. The van der Waals surface area contributed by atoms with Crippen LogP contribution in [0.4, 0.5) is 0 Å². The van der Waals surface area contributed by atoms with Gasteiger partial charge >= 0.3 is 11.9 Å². The molecule has 1 aromatic rings. The highest BCUT2D eigenvalue weighted by molar-refractivity contribution is 5.94. The largest absolute Gasteiger partial charge is 0.393 e. The van der Waals surface area contributed by atoms with Crippen molar-refractivity contribution in [2.75, 3.05) is 0 Å². The fourth-order valence-electron chi connectivity index (χ4n) is 1.69. The Labute approximate surface area is 88.1 Å². The summed E-state index contributed by atoms with van der Waals surface area (Å²) < 4.78 is 4.49. The predicted molar refractivity (Wildman–Crippen MR) is 54.1 cm³/mol. The maximum absolute atomic E-state index is 11.2. The molecule has 0 spiro atoms. The first-order valence-electron chi connectivity index (χ1n) is 4.95. The molecule has 0 amide bonds. The van der Waals surface area contributed by atoms with E-state index >= 15 is 0 Å². The summed E-state index contributed by atoms with van der Waals surface area (Å²) in [6.45, 7) is 2.01. The third kappa shape index (κ3) is 2.24. The number of hydrogen-bond donors (Lipinski definition) is 0. The first kappa shape index (κ1) is 9.90. The minimum absolute atomic E-state index is 0.215. The molecule has 0 N–H and O–H groups in total. The first-order chi connectivity index (χ1) is 7.15. The zero-order valence-electron chi connectivity index (χ0n) is 8.53. The lowest BCUT2D eigenvalue weighted by atomic mass is 9.97. The maximum Gasteiger partial charge on any atom is 0.317 e. The lowest BCUT2D eigenvalue weighted by Gasteiger charge is -2.04. The van der Waals surface area contributed by atoms with Gasteiger partial charge in [-0.2, -0.15) is 0 Å². The van der Waals surface area contributed by atoms with E-state index in [0.717, 1.165) is 5.56 Å². The number of esters is 2. The number of aryl methyl sites for hydroxylation is 1. The van der Waals surface area contributed by atoms with Crippen molar-refractivity contribution in [3.63, 3.8) is 0 Å². The minimum atomic E-state index is -0.405. The number of cyclic esters (lactones) is 2. The quantitative estimate of drug-likeness (QED) is 0.543. The summed E-state index contributed by atoms with van der Waals surface area (Å²) in [5.74, 6) is -1.09. The molecule has 15 heavy (non-hydrogen) atoms. The number of carbonyl (C=O) groups excluding carboxylic acids is 2. The van der Waals surface area contributed by atoms with Gasteiger partial charge in [0.25, 0.3) is 0 Å². The van der Waals surface area contributed by atoms with Crippen molar-refractivity contribution in [1.29, 1.82) is 0 Å². The van der Waals surface area contributed by atoms with E-state index in [1.165, 1.54) is 5.56 Å². The molecule has 0 unspecified atom stereocenters. The topological polar surface area (TPSA) is 43.4 Å². The van der Waals surface area contributed by atoms with Crippen molar-refractivity contribution in [3.8, 4) is 0 Å². The Morgan fingerprint density at radius 1 is 1.27 bits per heavy atom. The lowest BCUT2D eigenvalue weighted by molar-refractivity contribution is -0.153. The molecule has 0 saturated carbocycles. The summed E-state index contributed by atoms with van der Waals surface area (Å²) in [6.07, 6.45) is 0.803. The van der Waals surface area contributed by atoms with Crippen LogP contribution in [0.5, 0.6) is 0 Å². The van der Waals surface area contributed by atoms with Gasteiger partial charge in [0, 0.05) is 0 Å². The Hall–Kier alpha value is -1.64. The van der Waals surface area contributed by atoms with E-state index in [1.807, 2.05) is 31.2 Å². The number of ether oxygens (including phenoxy) is 1. The standard InChI is InChI=1S/C12H12O3/c1-8-2-4-9(5-3-8)6-10-7-11(13)15-12(10)14/h2-5,10H,6-7H2,1H3/t10-/m1/s1. The summed E-state index contributed by atoms with van der Waals surface area (Å²) in [5.41, 5.74) is 2.25. The van der Waals surface area contributed by atoms with Crippen molar-refractivity contribution in [3.05, 3.63) is 35.4 Å². The van der Waals surface area contributed by atoms with E-state index in [2.05, 4.69) is 4.74 Å². The Morgan fingerprint density at radius 2 is 1.93 bits per heavy atom. The van der Waals surface area contributed by atoms with Crippen LogP contribution in [0.15, 0.2) is 24.3 Å². The van der Waals surface area contributed by atoms with Crippen LogP contribution in [0.2, 0.25) is 0 Å². The second-order valence-electron chi connectivity index (χ2n) is 3.88. The molecule has 1 atom stereocenters. The fraction of sp³-hybridized carbons (Fsp3) is 0.333. The van der Waals surface area contributed by atoms with Crippen LogP contribution in [0.25, 0.3) is 0 Å². The van der Waals surface area contributed by atoms with E-state index in [1.54, 1.807) is 0 Å². The van der Waals surface area contributed by atoms with Crippen molar-refractivity contribution in [2.45, 2.75) is 19.8 Å². The van der Waals surface area contributed by atoms with Crippen LogP contribution >= 0.6 is 0 Å². The average molecular weight is 204 g/mol. The molecule has 1 saturated heterocycles. The smallest absolute Gasteiger partial charge is 0.317 e. The third-order valence-electron chi connectivity index (χ3n) is 2.56. The normalized spacial score (nSPS) is 20.5. The van der Waals surface area contributed by atoms with Crippen LogP contribution in [0.3, 0.4) is 0 Å². The van der Waals surface area contributed by atoms with E-state index in [9.17, 15) is 9.59 Å². The maximum atomic E-state index is 11.2. The molecule has 0 aromatic heterocycles. The summed E-state index contributed by atoms with van der Waals surface area (Å²) >= 11 is 0. The van der Waals surface area contributed by atoms with Gasteiger partial charge in [-0.25, -0.2) is 0 Å². The first-order valence-corrected chi connectivity index (χ1v) is 4.95. The van der Waals surface area contributed by atoms with Crippen molar-refractivity contribution >= 4 is 11.9 Å². The van der Waals surface area contributed by atoms with E-state index < -0.39 is 5.97 Å². The second-order valence-corrected chi connectivity index (χ2v) is 3.88. The number of hydrogen-bond acceptors (Lipinski definition) is 3. The van der Waals surface area contributed by atoms with Crippen LogP contribution < -0.4 is 0 Å². The second kappa shape index (κ2) is 3.85.